The van der Waals surface area contributed by atoms with Crippen LogP contribution in [0.4, 0.5) is 4.79 Å². The zero-order chi connectivity index (χ0) is 12.6. The van der Waals surface area contributed by atoms with Crippen molar-refractivity contribution in [2.45, 2.75) is 39.2 Å². The summed E-state index contributed by atoms with van der Waals surface area (Å²) in [5.74, 6) is 4.27. The molecule has 0 bridgehead atoms. The van der Waals surface area contributed by atoms with Gasteiger partial charge in [0.1, 0.15) is 5.54 Å². The fourth-order valence-corrected chi connectivity index (χ4v) is 1.26. The summed E-state index contributed by atoms with van der Waals surface area (Å²) >= 11 is 0. The number of aliphatic carboxylic acids is 1. The Bertz CT molecular complexity index is 311. The van der Waals surface area contributed by atoms with Crippen LogP contribution in [0.1, 0.15) is 33.6 Å². The van der Waals surface area contributed by atoms with E-state index < -0.39 is 17.5 Å². The first-order valence-corrected chi connectivity index (χ1v) is 5.21. The molecular weight excluding hydrogens is 208 g/mol. The molecule has 5 heteroatoms. The van der Waals surface area contributed by atoms with Gasteiger partial charge in [0.25, 0.3) is 0 Å². The second-order valence-corrected chi connectivity index (χ2v) is 3.33. The number of amides is 2. The van der Waals surface area contributed by atoms with Crippen LogP contribution in [0.15, 0.2) is 0 Å². The summed E-state index contributed by atoms with van der Waals surface area (Å²) in [6.45, 7) is 5.33. The third-order valence-corrected chi connectivity index (χ3v) is 2.48. The quantitative estimate of drug-likeness (QED) is 0.611. The Hall–Kier alpha value is -1.70. The number of carbonyl (C=O) groups is 2. The molecule has 0 aromatic heterocycles. The number of hydrogen-bond donors (Lipinski definition) is 3. The third kappa shape index (κ3) is 3.81. The van der Waals surface area contributed by atoms with Crippen molar-refractivity contribution >= 4 is 12.0 Å². The summed E-state index contributed by atoms with van der Waals surface area (Å²) in [6.07, 6.45) is 0.678. The molecule has 0 saturated heterocycles. The Balaban J connectivity index is 4.44. The Labute approximate surface area is 95.6 Å². The largest absolute Gasteiger partial charge is 0.480 e. The van der Waals surface area contributed by atoms with Crippen LogP contribution in [0.25, 0.3) is 0 Å². The minimum absolute atomic E-state index is 0.214. The maximum absolute atomic E-state index is 11.4. The van der Waals surface area contributed by atoms with Crippen molar-refractivity contribution in [2.75, 3.05) is 6.54 Å². The van der Waals surface area contributed by atoms with Crippen LogP contribution in [-0.2, 0) is 4.79 Å². The topological polar surface area (TPSA) is 78.4 Å². The summed E-state index contributed by atoms with van der Waals surface area (Å²) in [6, 6.07) is -0.506. The van der Waals surface area contributed by atoms with Crippen molar-refractivity contribution in [3.63, 3.8) is 0 Å². The van der Waals surface area contributed by atoms with Gasteiger partial charge in [0, 0.05) is 0 Å². The number of hydrogen-bond acceptors (Lipinski definition) is 2. The molecule has 0 saturated carbocycles. The molecule has 0 fully saturated rings. The van der Waals surface area contributed by atoms with Crippen molar-refractivity contribution in [2.24, 2.45) is 0 Å². The van der Waals surface area contributed by atoms with Crippen molar-refractivity contribution in [1.29, 1.82) is 0 Å². The highest BCUT2D eigenvalue weighted by molar-refractivity contribution is 5.86. The van der Waals surface area contributed by atoms with E-state index in [1.165, 1.54) is 0 Å². The number of rotatable bonds is 5. The fourth-order valence-electron chi connectivity index (χ4n) is 1.26. The average molecular weight is 226 g/mol. The number of carbonyl (C=O) groups excluding carboxylic acids is 1. The number of carboxylic acids is 1. The van der Waals surface area contributed by atoms with Crippen molar-refractivity contribution in [3.05, 3.63) is 0 Å². The van der Waals surface area contributed by atoms with Crippen molar-refractivity contribution in [3.8, 4) is 11.8 Å². The minimum atomic E-state index is -1.19. The van der Waals surface area contributed by atoms with Gasteiger partial charge in [-0.2, -0.15) is 0 Å². The molecule has 0 atom stereocenters. The summed E-state index contributed by atoms with van der Waals surface area (Å²) in [5.41, 5.74) is -1.19. The van der Waals surface area contributed by atoms with E-state index in [0.29, 0.717) is 12.8 Å². The van der Waals surface area contributed by atoms with Crippen LogP contribution in [0, 0.1) is 11.8 Å². The smallest absolute Gasteiger partial charge is 0.329 e. The van der Waals surface area contributed by atoms with E-state index in [2.05, 4.69) is 22.5 Å². The molecule has 0 aliphatic heterocycles. The second kappa shape index (κ2) is 6.72. The predicted octanol–water partition coefficient (Wildman–Crippen LogP) is 0.952. The first kappa shape index (κ1) is 14.3. The Morgan fingerprint density at radius 2 is 1.88 bits per heavy atom. The Morgan fingerprint density at radius 3 is 2.25 bits per heavy atom. The van der Waals surface area contributed by atoms with E-state index in [-0.39, 0.29) is 6.54 Å². The van der Waals surface area contributed by atoms with Crippen molar-refractivity contribution < 1.29 is 14.7 Å². The van der Waals surface area contributed by atoms with Crippen LogP contribution in [0.5, 0.6) is 0 Å². The summed E-state index contributed by atoms with van der Waals surface area (Å²) < 4.78 is 0. The molecule has 0 aliphatic rings. The molecule has 0 aromatic rings. The van der Waals surface area contributed by atoms with Crippen LogP contribution in [-0.4, -0.2) is 29.2 Å². The van der Waals surface area contributed by atoms with E-state index >= 15 is 0 Å². The normalized spacial score (nSPS) is 9.94. The van der Waals surface area contributed by atoms with Gasteiger partial charge in [-0.25, -0.2) is 9.59 Å². The zero-order valence-corrected chi connectivity index (χ0v) is 9.89. The second-order valence-electron chi connectivity index (χ2n) is 3.33. The number of nitrogens with one attached hydrogen (secondary N) is 2. The van der Waals surface area contributed by atoms with Gasteiger partial charge in [-0.15, -0.1) is 5.92 Å². The molecule has 3 N–H and O–H groups in total. The predicted molar refractivity (Wildman–Crippen MR) is 60.9 cm³/mol. The Kier molecular flexibility index (Phi) is 6.01. The summed E-state index contributed by atoms with van der Waals surface area (Å²) in [4.78, 5) is 22.5. The molecule has 0 rings (SSSR count). The standard InChI is InChI=1S/C11H18N2O3/c1-4-7-8-12-10(16)13-11(5-2,6-3)9(14)15/h5-6,8H2,1-3H3,(H,14,15)(H2,12,13,16). The maximum Gasteiger partial charge on any atom is 0.329 e. The third-order valence-electron chi connectivity index (χ3n) is 2.48. The van der Waals surface area contributed by atoms with E-state index in [0.717, 1.165) is 0 Å². The summed E-state index contributed by atoms with van der Waals surface area (Å²) in [5, 5.41) is 14.0. The molecule has 0 unspecified atom stereocenters. The van der Waals surface area contributed by atoms with Crippen LogP contribution >= 0.6 is 0 Å². The molecular formula is C11H18N2O3. The average Bonchev–Trinajstić information content (AvgIpc) is 2.26. The van der Waals surface area contributed by atoms with E-state index in [9.17, 15) is 9.59 Å². The zero-order valence-electron chi connectivity index (χ0n) is 9.89. The molecule has 16 heavy (non-hydrogen) atoms. The minimum Gasteiger partial charge on any atom is -0.480 e. The molecule has 0 aliphatic carbocycles. The molecule has 5 nitrogen and oxygen atoms in total. The highest BCUT2D eigenvalue weighted by Crippen LogP contribution is 2.14. The molecule has 0 aromatic carbocycles. The monoisotopic (exact) mass is 226 g/mol. The number of carboxylic acid groups (broad SMARTS) is 1. The first-order valence-electron chi connectivity index (χ1n) is 5.21. The summed E-state index contributed by atoms with van der Waals surface area (Å²) in [7, 11) is 0. The van der Waals surface area contributed by atoms with E-state index in [1.807, 2.05) is 0 Å². The van der Waals surface area contributed by atoms with Gasteiger partial charge in [-0.3, -0.25) is 0 Å². The van der Waals surface area contributed by atoms with Crippen LogP contribution in [0.3, 0.4) is 0 Å². The molecule has 0 radical (unpaired) electrons. The van der Waals surface area contributed by atoms with Gasteiger partial charge in [0.05, 0.1) is 6.54 Å². The SMILES string of the molecule is CC#CCNC(=O)NC(CC)(CC)C(=O)O. The van der Waals surface area contributed by atoms with Gasteiger partial charge in [0.15, 0.2) is 0 Å². The van der Waals surface area contributed by atoms with Gasteiger partial charge >= 0.3 is 12.0 Å². The van der Waals surface area contributed by atoms with Gasteiger partial charge in [-0.05, 0) is 19.8 Å². The van der Waals surface area contributed by atoms with Gasteiger partial charge in [-0.1, -0.05) is 19.8 Å². The fraction of sp³-hybridized carbons (Fsp3) is 0.636. The molecule has 2 amide bonds. The molecule has 90 valence electrons. The molecule has 0 heterocycles. The van der Waals surface area contributed by atoms with Gasteiger partial charge in [0.2, 0.25) is 0 Å². The van der Waals surface area contributed by atoms with E-state index in [1.54, 1.807) is 20.8 Å². The van der Waals surface area contributed by atoms with Crippen LogP contribution < -0.4 is 10.6 Å². The number of urea groups is 1. The lowest BCUT2D eigenvalue weighted by molar-refractivity contribution is -0.144. The first-order chi connectivity index (χ1) is 7.52. The Morgan fingerprint density at radius 1 is 1.31 bits per heavy atom. The molecule has 0 spiro atoms. The highest BCUT2D eigenvalue weighted by Gasteiger charge is 2.36. The van der Waals surface area contributed by atoms with Crippen molar-refractivity contribution in [1.82, 2.24) is 10.6 Å². The van der Waals surface area contributed by atoms with Crippen LogP contribution in [0.2, 0.25) is 0 Å². The van der Waals surface area contributed by atoms with E-state index in [4.69, 9.17) is 5.11 Å². The highest BCUT2D eigenvalue weighted by atomic mass is 16.4. The lowest BCUT2D eigenvalue weighted by atomic mass is 9.93. The van der Waals surface area contributed by atoms with Gasteiger partial charge < -0.3 is 15.7 Å². The lowest BCUT2D eigenvalue weighted by Gasteiger charge is -2.27. The lowest BCUT2D eigenvalue weighted by Crippen LogP contribution is -2.56. The maximum atomic E-state index is 11.4.